The van der Waals surface area contributed by atoms with Crippen molar-refractivity contribution >= 4 is 51.1 Å². The van der Waals surface area contributed by atoms with Gasteiger partial charge >= 0.3 is 0 Å². The average molecular weight is 752 g/mol. The van der Waals surface area contributed by atoms with Crippen LogP contribution in [0.5, 0.6) is 5.75 Å². The molecule has 8 aromatic carbocycles. The Labute approximate surface area is 344 Å². The lowest BCUT2D eigenvalue weighted by Gasteiger charge is -2.29. The topological polar surface area (TPSA) is 12.5 Å². The van der Waals surface area contributed by atoms with Crippen LogP contribution in [0.3, 0.4) is 0 Å². The molecule has 0 amide bonds. The predicted molar refractivity (Wildman–Crippen MR) is 249 cm³/mol. The van der Waals surface area contributed by atoms with Crippen molar-refractivity contribution in [3.63, 3.8) is 0 Å². The lowest BCUT2D eigenvalue weighted by molar-refractivity contribution is 0.414. The second-order valence-corrected chi connectivity index (χ2v) is 15.4. The number of benzene rings is 8. The zero-order chi connectivity index (χ0) is 40.2. The van der Waals surface area contributed by atoms with Crippen LogP contribution in [-0.2, 0) is 0 Å². The Bertz CT molecular complexity index is 2670. The fraction of sp³-hybridized carbons (Fsp3) is 0.107. The number of anilines is 3. The van der Waals surface area contributed by atoms with Gasteiger partial charge in [-0.3, -0.25) is 0 Å². The van der Waals surface area contributed by atoms with Gasteiger partial charge in [0.05, 0.1) is 12.8 Å². The van der Waals surface area contributed by atoms with Crippen molar-refractivity contribution in [3.05, 3.63) is 237 Å². The molecule has 8 aromatic rings. The van der Waals surface area contributed by atoms with Crippen LogP contribution in [0, 0.1) is 34.6 Å². The summed E-state index contributed by atoms with van der Waals surface area (Å²) in [5.74, 6) is 0.841. The maximum Gasteiger partial charge on any atom is 0.119 e. The number of fused-ring (bicyclic) bond motifs is 1. The maximum absolute atomic E-state index is 5.68. The molecular weight excluding hydrogens is 703 g/mol. The SMILES string of the molecule is COc1ccc(N(c2ccc(C=C(c3ccc(C)cc3)c3ccc(C)cc3)cc2)c2cc(C)cc3c(C)cc(C=C(c4ccccc4)c4ccccc4)cc23)c(C)c1. The third-order valence-corrected chi connectivity index (χ3v) is 11.0. The zero-order valence-corrected chi connectivity index (χ0v) is 34.3. The van der Waals surface area contributed by atoms with Crippen molar-refractivity contribution in [2.24, 2.45) is 0 Å². The smallest absolute Gasteiger partial charge is 0.119 e. The van der Waals surface area contributed by atoms with Gasteiger partial charge in [0.1, 0.15) is 5.75 Å². The summed E-state index contributed by atoms with van der Waals surface area (Å²) in [6, 6.07) is 63.7. The van der Waals surface area contributed by atoms with E-state index < -0.39 is 0 Å². The summed E-state index contributed by atoms with van der Waals surface area (Å²) in [5.41, 5.74) is 18.8. The van der Waals surface area contributed by atoms with E-state index in [1.165, 1.54) is 66.4 Å². The number of aryl methyl sites for hydroxylation is 5. The second kappa shape index (κ2) is 16.7. The highest BCUT2D eigenvalue weighted by Gasteiger charge is 2.20. The summed E-state index contributed by atoms with van der Waals surface area (Å²) >= 11 is 0. The first kappa shape index (κ1) is 38.0. The zero-order valence-electron chi connectivity index (χ0n) is 34.3. The van der Waals surface area contributed by atoms with E-state index >= 15 is 0 Å². The van der Waals surface area contributed by atoms with E-state index in [4.69, 9.17) is 4.74 Å². The summed E-state index contributed by atoms with van der Waals surface area (Å²) in [4.78, 5) is 2.42. The van der Waals surface area contributed by atoms with Crippen LogP contribution in [-0.4, -0.2) is 7.11 Å². The van der Waals surface area contributed by atoms with Gasteiger partial charge in [0, 0.05) is 16.8 Å². The highest BCUT2D eigenvalue weighted by Crippen LogP contribution is 2.43. The highest BCUT2D eigenvalue weighted by molar-refractivity contribution is 6.03. The normalized spacial score (nSPS) is 10.9. The van der Waals surface area contributed by atoms with Crippen molar-refractivity contribution in [1.82, 2.24) is 0 Å². The molecule has 58 heavy (non-hydrogen) atoms. The van der Waals surface area contributed by atoms with E-state index in [0.29, 0.717) is 0 Å². The number of nitrogens with zero attached hydrogens (tertiary/aromatic N) is 1. The lowest BCUT2D eigenvalue weighted by Crippen LogP contribution is -2.12. The van der Waals surface area contributed by atoms with Gasteiger partial charge in [0.15, 0.2) is 0 Å². The standard InChI is InChI=1S/C56H49NO/c1-38-17-23-47(24-18-38)52(48-25-19-39(2)20-26-48)35-43-21-27-49(28-22-43)57(55-30-29-50(58-6)34-42(55)5)56-32-40(3)31-51-41(4)33-44(37-54(51)56)36-53(45-13-9-7-10-14-45)46-15-11-8-12-16-46/h7-37H,1-6H3. The van der Waals surface area contributed by atoms with Crippen LogP contribution in [0.2, 0.25) is 0 Å². The molecule has 0 bridgehead atoms. The number of methoxy groups -OCH3 is 1. The monoisotopic (exact) mass is 751 g/mol. The molecule has 0 radical (unpaired) electrons. The van der Waals surface area contributed by atoms with Crippen molar-refractivity contribution in [1.29, 1.82) is 0 Å². The fourth-order valence-electron chi connectivity index (χ4n) is 7.90. The minimum Gasteiger partial charge on any atom is -0.497 e. The van der Waals surface area contributed by atoms with E-state index in [0.717, 1.165) is 39.5 Å². The quantitative estimate of drug-likeness (QED) is 0.129. The van der Waals surface area contributed by atoms with Crippen molar-refractivity contribution < 1.29 is 4.74 Å². The number of ether oxygens (including phenoxy) is 1. The molecular formula is C56H49NO. The largest absolute Gasteiger partial charge is 0.497 e. The Hall–Kier alpha value is -6.90. The lowest BCUT2D eigenvalue weighted by atomic mass is 9.92. The predicted octanol–water partition coefficient (Wildman–Crippen LogP) is 15.0. The summed E-state index contributed by atoms with van der Waals surface area (Å²) in [6.45, 7) is 10.9. The molecule has 0 aliphatic heterocycles. The fourth-order valence-corrected chi connectivity index (χ4v) is 7.90. The number of hydrogen-bond acceptors (Lipinski definition) is 2. The van der Waals surface area contributed by atoms with Gasteiger partial charge in [0.2, 0.25) is 0 Å². The highest BCUT2D eigenvalue weighted by atomic mass is 16.5. The van der Waals surface area contributed by atoms with E-state index in [2.05, 4.69) is 228 Å². The van der Waals surface area contributed by atoms with Gasteiger partial charge in [0.25, 0.3) is 0 Å². The van der Waals surface area contributed by atoms with Crippen LogP contribution in [0.15, 0.2) is 176 Å². The average Bonchev–Trinajstić information content (AvgIpc) is 3.25. The minimum absolute atomic E-state index is 0.841. The van der Waals surface area contributed by atoms with Gasteiger partial charge in [-0.25, -0.2) is 0 Å². The Morgan fingerprint density at radius 3 is 1.48 bits per heavy atom. The first-order valence-corrected chi connectivity index (χ1v) is 20.0. The van der Waals surface area contributed by atoms with Crippen molar-refractivity contribution in [2.45, 2.75) is 34.6 Å². The van der Waals surface area contributed by atoms with Crippen molar-refractivity contribution in [2.75, 3.05) is 12.0 Å². The van der Waals surface area contributed by atoms with Gasteiger partial charge in [-0.15, -0.1) is 0 Å². The van der Waals surface area contributed by atoms with Gasteiger partial charge in [-0.1, -0.05) is 145 Å². The van der Waals surface area contributed by atoms with Crippen LogP contribution in [0.1, 0.15) is 61.2 Å². The molecule has 0 fully saturated rings. The number of hydrogen-bond donors (Lipinski definition) is 0. The molecule has 0 N–H and O–H groups in total. The van der Waals surface area contributed by atoms with Crippen LogP contribution in [0.25, 0.3) is 34.1 Å². The Morgan fingerprint density at radius 2 is 0.948 bits per heavy atom. The molecule has 0 aliphatic carbocycles. The van der Waals surface area contributed by atoms with Crippen LogP contribution < -0.4 is 9.64 Å². The maximum atomic E-state index is 5.68. The van der Waals surface area contributed by atoms with Crippen LogP contribution in [0.4, 0.5) is 17.1 Å². The van der Waals surface area contributed by atoms with Crippen LogP contribution >= 0.6 is 0 Å². The summed E-state index contributed by atoms with van der Waals surface area (Å²) in [6.07, 6.45) is 4.65. The molecule has 0 heterocycles. The Morgan fingerprint density at radius 1 is 0.414 bits per heavy atom. The van der Waals surface area contributed by atoms with E-state index in [1.54, 1.807) is 7.11 Å². The molecule has 0 spiro atoms. The molecule has 0 aromatic heterocycles. The molecule has 0 saturated carbocycles. The molecule has 0 saturated heterocycles. The molecule has 8 rings (SSSR count). The Kier molecular flexibility index (Phi) is 10.9. The molecule has 0 aliphatic rings. The van der Waals surface area contributed by atoms with Gasteiger partial charge in [-0.2, -0.15) is 0 Å². The molecule has 284 valence electrons. The molecule has 2 nitrogen and oxygen atoms in total. The van der Waals surface area contributed by atoms with E-state index in [-0.39, 0.29) is 0 Å². The van der Waals surface area contributed by atoms with Gasteiger partial charge in [-0.05, 0) is 156 Å². The summed E-state index contributed by atoms with van der Waals surface area (Å²) in [5, 5.41) is 2.43. The molecule has 0 atom stereocenters. The van der Waals surface area contributed by atoms with E-state index in [1.807, 2.05) is 0 Å². The van der Waals surface area contributed by atoms with E-state index in [9.17, 15) is 0 Å². The Balaban J connectivity index is 1.30. The third-order valence-electron chi connectivity index (χ3n) is 11.0. The number of rotatable bonds is 10. The molecule has 0 unspecified atom stereocenters. The molecule has 2 heteroatoms. The van der Waals surface area contributed by atoms with Gasteiger partial charge < -0.3 is 9.64 Å². The summed E-state index contributed by atoms with van der Waals surface area (Å²) in [7, 11) is 1.73. The minimum atomic E-state index is 0.841. The first-order chi connectivity index (χ1) is 28.2. The third kappa shape index (κ3) is 8.14. The van der Waals surface area contributed by atoms with Crippen molar-refractivity contribution in [3.8, 4) is 5.75 Å². The second-order valence-electron chi connectivity index (χ2n) is 15.4. The summed E-state index contributed by atoms with van der Waals surface area (Å²) < 4.78 is 5.68. The first-order valence-electron chi connectivity index (χ1n) is 20.0.